The van der Waals surface area contributed by atoms with Crippen LogP contribution in [0.3, 0.4) is 0 Å². The van der Waals surface area contributed by atoms with E-state index < -0.39 is 30.2 Å². The van der Waals surface area contributed by atoms with Crippen LogP contribution in [-0.2, 0) is 15.7 Å². The van der Waals surface area contributed by atoms with Crippen LogP contribution in [0.25, 0.3) is 0 Å². The smallest absolute Gasteiger partial charge is 0.416 e. The fourth-order valence-corrected chi connectivity index (χ4v) is 3.32. The first kappa shape index (κ1) is 22.2. The van der Waals surface area contributed by atoms with Crippen molar-refractivity contribution >= 4 is 35.1 Å². The van der Waals surface area contributed by atoms with Crippen LogP contribution in [0.4, 0.5) is 18.9 Å². The predicted molar refractivity (Wildman–Crippen MR) is 112 cm³/mol. The molecule has 9 heteroatoms. The minimum absolute atomic E-state index is 0.102. The van der Waals surface area contributed by atoms with Crippen LogP contribution in [0.1, 0.15) is 25.7 Å². The second kappa shape index (κ2) is 9.57. The molecule has 31 heavy (non-hydrogen) atoms. The quantitative estimate of drug-likeness (QED) is 0.293. The summed E-state index contributed by atoms with van der Waals surface area (Å²) < 4.78 is 44.4. The van der Waals surface area contributed by atoms with Crippen molar-refractivity contribution in [2.24, 2.45) is 5.10 Å². The van der Waals surface area contributed by atoms with E-state index in [4.69, 9.17) is 4.74 Å². The molecule has 0 fully saturated rings. The summed E-state index contributed by atoms with van der Waals surface area (Å²) in [6.07, 6.45) is -3.25. The molecule has 1 amide bonds. The lowest BCUT2D eigenvalue weighted by atomic mass is 10.2. The molecular weight excluding hydrogens is 429 g/mol. The van der Waals surface area contributed by atoms with Gasteiger partial charge in [0.2, 0.25) is 0 Å². The Morgan fingerprint density at radius 3 is 2.45 bits per heavy atom. The number of alkyl halides is 3. The van der Waals surface area contributed by atoms with Gasteiger partial charge < -0.3 is 4.74 Å². The minimum atomic E-state index is -4.59. The summed E-state index contributed by atoms with van der Waals surface area (Å²) in [5.74, 6) is -1.49. The molecule has 0 N–H and O–H groups in total. The number of carbonyl (C=O) groups excluding carboxylic acids is 2. The molecule has 0 aliphatic carbocycles. The Hall–Kier alpha value is -3.46. The van der Waals surface area contributed by atoms with Crippen molar-refractivity contribution in [2.75, 3.05) is 11.6 Å². The number of anilines is 1. The molecule has 0 atom stereocenters. The van der Waals surface area contributed by atoms with E-state index in [1.807, 2.05) is 6.92 Å². The lowest BCUT2D eigenvalue weighted by Crippen LogP contribution is -2.30. The Morgan fingerprint density at radius 1 is 1.06 bits per heavy atom. The molecule has 2 aromatic carbocycles. The van der Waals surface area contributed by atoms with Crippen LogP contribution in [0.5, 0.6) is 0 Å². The largest absolute Gasteiger partial charge is 0.451 e. The summed E-state index contributed by atoms with van der Waals surface area (Å²) in [6.45, 7) is 1.14. The Morgan fingerprint density at radius 2 is 1.81 bits per heavy atom. The van der Waals surface area contributed by atoms with Crippen LogP contribution < -0.4 is 5.01 Å². The molecule has 1 aromatic heterocycles. The van der Waals surface area contributed by atoms with Crippen molar-refractivity contribution in [1.29, 1.82) is 0 Å². The zero-order valence-corrected chi connectivity index (χ0v) is 17.1. The first-order valence-electron chi connectivity index (χ1n) is 9.07. The number of amides is 1. The summed E-state index contributed by atoms with van der Waals surface area (Å²) in [6, 6.07) is 16.2. The monoisotopic (exact) mass is 446 g/mol. The zero-order valence-electron chi connectivity index (χ0n) is 16.3. The zero-order chi connectivity index (χ0) is 22.4. The van der Waals surface area contributed by atoms with Gasteiger partial charge in [0, 0.05) is 4.88 Å². The number of nitrogens with zero attached hydrogens (tertiary/aromatic N) is 2. The highest BCUT2D eigenvalue weighted by molar-refractivity contribution is 7.13. The molecule has 0 saturated carbocycles. The molecule has 0 spiro atoms. The van der Waals surface area contributed by atoms with Gasteiger partial charge in [0.15, 0.2) is 6.61 Å². The highest BCUT2D eigenvalue weighted by Gasteiger charge is 2.31. The third-order valence-electron chi connectivity index (χ3n) is 4.04. The molecule has 0 unspecified atom stereocenters. The van der Waals surface area contributed by atoms with Crippen LogP contribution in [0, 0.1) is 6.92 Å². The predicted octanol–water partition coefficient (Wildman–Crippen LogP) is 5.30. The Kier molecular flexibility index (Phi) is 6.86. The van der Waals surface area contributed by atoms with Gasteiger partial charge in [0.1, 0.15) is 4.88 Å². The standard InChI is InChI=1S/C22H17F3N2O3S/c1-15-10-11-19(31-15)21(29)30-14-20(28)27(26-13-16-6-3-2-4-7-16)18-9-5-8-17(12-18)22(23,24)25/h2-13H,14H2,1H3/b26-13-. The van der Waals surface area contributed by atoms with Crippen molar-refractivity contribution < 1.29 is 27.5 Å². The number of carbonyl (C=O) groups is 2. The normalized spacial score (nSPS) is 11.5. The number of ether oxygens (including phenoxy) is 1. The first-order chi connectivity index (χ1) is 14.7. The average molecular weight is 446 g/mol. The van der Waals surface area contributed by atoms with Gasteiger partial charge in [0.25, 0.3) is 5.91 Å². The fourth-order valence-electron chi connectivity index (χ4n) is 2.56. The number of rotatable bonds is 6. The maximum absolute atomic E-state index is 13.1. The van der Waals surface area contributed by atoms with E-state index in [0.717, 1.165) is 22.0 Å². The molecule has 0 saturated heterocycles. The van der Waals surface area contributed by atoms with Gasteiger partial charge in [-0.2, -0.15) is 23.3 Å². The molecular formula is C22H17F3N2O3S. The van der Waals surface area contributed by atoms with E-state index in [-0.39, 0.29) is 5.69 Å². The maximum atomic E-state index is 13.1. The molecule has 0 aliphatic rings. The van der Waals surface area contributed by atoms with E-state index in [2.05, 4.69) is 5.10 Å². The van der Waals surface area contributed by atoms with Gasteiger partial charge >= 0.3 is 12.1 Å². The van der Waals surface area contributed by atoms with E-state index >= 15 is 0 Å². The molecule has 1 heterocycles. The molecule has 5 nitrogen and oxygen atoms in total. The fraction of sp³-hybridized carbons (Fsp3) is 0.136. The molecule has 0 aliphatic heterocycles. The Labute approximate surface area is 180 Å². The summed E-state index contributed by atoms with van der Waals surface area (Å²) in [7, 11) is 0. The maximum Gasteiger partial charge on any atom is 0.416 e. The van der Waals surface area contributed by atoms with Gasteiger partial charge in [0.05, 0.1) is 17.5 Å². The molecule has 0 radical (unpaired) electrons. The van der Waals surface area contributed by atoms with Crippen LogP contribution in [0.15, 0.2) is 71.8 Å². The van der Waals surface area contributed by atoms with Crippen LogP contribution >= 0.6 is 11.3 Å². The highest BCUT2D eigenvalue weighted by Crippen LogP contribution is 2.31. The Bertz CT molecular complexity index is 1090. The van der Waals surface area contributed by atoms with Crippen LogP contribution in [-0.4, -0.2) is 24.7 Å². The van der Waals surface area contributed by atoms with Crippen molar-refractivity contribution in [2.45, 2.75) is 13.1 Å². The van der Waals surface area contributed by atoms with E-state index in [9.17, 15) is 22.8 Å². The number of halogens is 3. The van der Waals surface area contributed by atoms with Crippen molar-refractivity contribution in [3.63, 3.8) is 0 Å². The van der Waals surface area contributed by atoms with Crippen molar-refractivity contribution in [3.05, 3.63) is 87.6 Å². The van der Waals surface area contributed by atoms with Gasteiger partial charge in [-0.25, -0.2) is 4.79 Å². The van der Waals surface area contributed by atoms with E-state index in [0.29, 0.717) is 10.4 Å². The molecule has 3 rings (SSSR count). The number of hydrogen-bond acceptors (Lipinski definition) is 5. The number of aryl methyl sites for hydroxylation is 1. The number of benzene rings is 2. The van der Waals surface area contributed by atoms with Gasteiger partial charge in [-0.1, -0.05) is 36.4 Å². The summed E-state index contributed by atoms with van der Waals surface area (Å²) in [4.78, 5) is 26.1. The van der Waals surface area contributed by atoms with E-state index in [1.54, 1.807) is 42.5 Å². The van der Waals surface area contributed by atoms with Gasteiger partial charge in [-0.3, -0.25) is 4.79 Å². The number of thiophene rings is 1. The second-order valence-corrected chi connectivity index (χ2v) is 7.68. The van der Waals surface area contributed by atoms with Gasteiger partial charge in [-0.05, 0) is 42.8 Å². The summed E-state index contributed by atoms with van der Waals surface area (Å²) in [5.41, 5.74) is -0.392. The molecule has 3 aromatic rings. The van der Waals surface area contributed by atoms with E-state index in [1.165, 1.54) is 29.7 Å². The number of hydrogen-bond donors (Lipinski definition) is 0. The minimum Gasteiger partial charge on any atom is -0.451 e. The molecule has 160 valence electrons. The van der Waals surface area contributed by atoms with Crippen molar-refractivity contribution in [1.82, 2.24) is 0 Å². The summed E-state index contributed by atoms with van der Waals surface area (Å²) in [5, 5.41) is 4.83. The lowest BCUT2D eigenvalue weighted by Gasteiger charge is -2.18. The average Bonchev–Trinajstić information content (AvgIpc) is 3.19. The topological polar surface area (TPSA) is 59.0 Å². The third kappa shape index (κ3) is 6.02. The SMILES string of the molecule is Cc1ccc(C(=O)OCC(=O)N(/N=C\c2ccccc2)c2cccc(C(F)(F)F)c2)s1. The Balaban J connectivity index is 1.84. The third-order valence-corrected chi connectivity index (χ3v) is 5.03. The van der Waals surface area contributed by atoms with Crippen LogP contribution in [0.2, 0.25) is 0 Å². The van der Waals surface area contributed by atoms with Gasteiger partial charge in [-0.15, -0.1) is 11.3 Å². The number of hydrazone groups is 1. The molecule has 0 bridgehead atoms. The van der Waals surface area contributed by atoms with Crippen molar-refractivity contribution in [3.8, 4) is 0 Å². The number of esters is 1. The summed E-state index contributed by atoms with van der Waals surface area (Å²) >= 11 is 1.21. The lowest BCUT2D eigenvalue weighted by molar-refractivity contribution is -0.137. The second-order valence-electron chi connectivity index (χ2n) is 6.40. The first-order valence-corrected chi connectivity index (χ1v) is 9.88. The highest BCUT2D eigenvalue weighted by atomic mass is 32.1.